The molecule has 18 heavy (non-hydrogen) atoms. The third-order valence-electron chi connectivity index (χ3n) is 2.68. The summed E-state index contributed by atoms with van der Waals surface area (Å²) in [5.74, 6) is 0.0221. The van der Waals surface area contributed by atoms with Crippen molar-refractivity contribution in [2.75, 3.05) is 0 Å². The molecule has 0 aromatic carbocycles. The molecular formula is C13H14ClN3O. The number of carbonyl (C=O) groups excluding carboxylic acids is 1. The summed E-state index contributed by atoms with van der Waals surface area (Å²) in [5.41, 5.74) is 2.43. The molecule has 2 heterocycles. The zero-order valence-electron chi connectivity index (χ0n) is 10.4. The molecule has 2 rings (SSSR count). The summed E-state index contributed by atoms with van der Waals surface area (Å²) >= 11 is 5.77. The number of hydrogen-bond donors (Lipinski definition) is 0. The number of Topliss-reactive ketones (excluding diaryl/α,β-unsaturated/α-hetero) is 1. The molecule has 0 fully saturated rings. The normalized spacial score (nSPS) is 10.6. The van der Waals surface area contributed by atoms with Crippen LogP contribution >= 0.6 is 11.6 Å². The van der Waals surface area contributed by atoms with Crippen molar-refractivity contribution in [2.24, 2.45) is 0 Å². The average Bonchev–Trinajstić information content (AvgIpc) is 2.69. The zero-order valence-corrected chi connectivity index (χ0v) is 11.1. The van der Waals surface area contributed by atoms with E-state index in [1.807, 2.05) is 24.6 Å². The van der Waals surface area contributed by atoms with Gasteiger partial charge in [-0.05, 0) is 32.0 Å². The maximum absolute atomic E-state index is 12.1. The third-order valence-corrected chi connectivity index (χ3v) is 2.88. The van der Waals surface area contributed by atoms with Gasteiger partial charge in [0.05, 0.1) is 12.1 Å². The van der Waals surface area contributed by atoms with E-state index in [-0.39, 0.29) is 5.78 Å². The molecule has 0 amide bonds. The number of pyridine rings is 1. The van der Waals surface area contributed by atoms with Crippen molar-refractivity contribution in [1.82, 2.24) is 14.8 Å². The van der Waals surface area contributed by atoms with Gasteiger partial charge in [-0.2, -0.15) is 5.10 Å². The summed E-state index contributed by atoms with van der Waals surface area (Å²) in [6.07, 6.45) is 1.87. The van der Waals surface area contributed by atoms with Crippen molar-refractivity contribution < 1.29 is 4.79 Å². The number of hydrogen-bond acceptors (Lipinski definition) is 3. The molecule has 0 N–H and O–H groups in total. The van der Waals surface area contributed by atoms with Crippen molar-refractivity contribution in [2.45, 2.75) is 26.8 Å². The van der Waals surface area contributed by atoms with Crippen LogP contribution in [0.2, 0.25) is 5.15 Å². The predicted octanol–water partition coefficient (Wildman–Crippen LogP) is 2.69. The maximum Gasteiger partial charge on any atom is 0.168 e. The van der Waals surface area contributed by atoms with Gasteiger partial charge >= 0.3 is 0 Å². The molecule has 0 atom stereocenters. The molecule has 0 saturated carbocycles. The number of aryl methyl sites for hydroxylation is 2. The number of rotatable bonds is 4. The van der Waals surface area contributed by atoms with Crippen molar-refractivity contribution in [3.63, 3.8) is 0 Å². The van der Waals surface area contributed by atoms with Gasteiger partial charge in [-0.1, -0.05) is 11.6 Å². The first kappa shape index (κ1) is 12.8. The minimum absolute atomic E-state index is 0.0221. The molecule has 5 heteroatoms. The van der Waals surface area contributed by atoms with Gasteiger partial charge in [0.25, 0.3) is 0 Å². The van der Waals surface area contributed by atoms with Crippen molar-refractivity contribution in [3.8, 4) is 0 Å². The topological polar surface area (TPSA) is 47.8 Å². The molecule has 0 aliphatic heterocycles. The molecule has 4 nitrogen and oxygen atoms in total. The fourth-order valence-electron chi connectivity index (χ4n) is 1.86. The Hall–Kier alpha value is -1.68. The van der Waals surface area contributed by atoms with Gasteiger partial charge in [0.1, 0.15) is 5.15 Å². The minimum Gasteiger partial charge on any atom is -0.294 e. The molecule has 0 bridgehead atoms. The minimum atomic E-state index is 0.0221. The first-order valence-electron chi connectivity index (χ1n) is 5.78. The average molecular weight is 264 g/mol. The van der Waals surface area contributed by atoms with Gasteiger partial charge in [0.15, 0.2) is 5.78 Å². The van der Waals surface area contributed by atoms with E-state index in [1.165, 1.54) is 6.20 Å². The highest BCUT2D eigenvalue weighted by Crippen LogP contribution is 2.12. The van der Waals surface area contributed by atoms with Crippen LogP contribution in [0.25, 0.3) is 0 Å². The Bertz CT molecular complexity index is 577. The van der Waals surface area contributed by atoms with Crippen molar-refractivity contribution in [1.29, 1.82) is 0 Å². The lowest BCUT2D eigenvalue weighted by atomic mass is 10.1. The molecule has 0 aliphatic rings. The van der Waals surface area contributed by atoms with Gasteiger partial charge < -0.3 is 0 Å². The molecule has 0 unspecified atom stereocenters. The first-order valence-corrected chi connectivity index (χ1v) is 6.16. The van der Waals surface area contributed by atoms with E-state index in [9.17, 15) is 4.79 Å². The third kappa shape index (κ3) is 2.76. The zero-order chi connectivity index (χ0) is 13.1. The SMILES string of the molecule is CCn1nc(C)cc1CC(=O)c1ccnc(Cl)c1. The van der Waals surface area contributed by atoms with Gasteiger partial charge in [0, 0.05) is 24.0 Å². The van der Waals surface area contributed by atoms with Crippen LogP contribution in [0.15, 0.2) is 24.4 Å². The second-order valence-electron chi connectivity index (χ2n) is 4.06. The molecular weight excluding hydrogens is 250 g/mol. The smallest absolute Gasteiger partial charge is 0.168 e. The summed E-state index contributed by atoms with van der Waals surface area (Å²) < 4.78 is 1.84. The standard InChI is InChI=1S/C13H14ClN3O/c1-3-17-11(6-9(2)16-17)8-12(18)10-4-5-15-13(14)7-10/h4-7H,3,8H2,1-2H3. The number of aromatic nitrogens is 3. The van der Waals surface area contributed by atoms with E-state index in [2.05, 4.69) is 10.1 Å². The summed E-state index contributed by atoms with van der Waals surface area (Å²) in [6, 6.07) is 5.20. The van der Waals surface area contributed by atoms with Crippen molar-refractivity contribution >= 4 is 17.4 Å². The number of nitrogens with zero attached hydrogens (tertiary/aromatic N) is 3. The molecule has 0 spiro atoms. The van der Waals surface area contributed by atoms with E-state index in [0.29, 0.717) is 17.1 Å². The lowest BCUT2D eigenvalue weighted by molar-refractivity contribution is 0.0990. The fraction of sp³-hybridized carbons (Fsp3) is 0.308. The number of halogens is 1. The highest BCUT2D eigenvalue weighted by atomic mass is 35.5. The van der Waals surface area contributed by atoms with Gasteiger partial charge in [-0.25, -0.2) is 4.98 Å². The molecule has 0 saturated heterocycles. The Morgan fingerprint density at radius 2 is 2.22 bits per heavy atom. The largest absolute Gasteiger partial charge is 0.294 e. The summed E-state index contributed by atoms with van der Waals surface area (Å²) in [4.78, 5) is 16.0. The summed E-state index contributed by atoms with van der Waals surface area (Å²) in [7, 11) is 0. The van der Waals surface area contributed by atoms with Crippen LogP contribution in [-0.2, 0) is 13.0 Å². The molecule has 0 aliphatic carbocycles. The Labute approximate surface area is 111 Å². The number of carbonyl (C=O) groups is 1. The van der Waals surface area contributed by atoms with Crippen LogP contribution in [0.3, 0.4) is 0 Å². The lowest BCUT2D eigenvalue weighted by Gasteiger charge is -2.04. The Morgan fingerprint density at radius 1 is 1.44 bits per heavy atom. The van der Waals surface area contributed by atoms with E-state index in [0.717, 1.165) is 17.9 Å². The summed E-state index contributed by atoms with van der Waals surface area (Å²) in [5, 5.41) is 4.65. The van der Waals surface area contributed by atoms with Gasteiger partial charge in [0.2, 0.25) is 0 Å². The predicted molar refractivity (Wildman–Crippen MR) is 69.9 cm³/mol. The molecule has 2 aromatic rings. The fourth-order valence-corrected chi connectivity index (χ4v) is 2.03. The van der Waals surface area contributed by atoms with Gasteiger partial charge in [-0.15, -0.1) is 0 Å². The highest BCUT2D eigenvalue weighted by Gasteiger charge is 2.12. The molecule has 2 aromatic heterocycles. The van der Waals surface area contributed by atoms with Crippen molar-refractivity contribution in [3.05, 3.63) is 46.5 Å². The van der Waals surface area contributed by atoms with Crippen LogP contribution in [0.1, 0.15) is 28.7 Å². The van der Waals surface area contributed by atoms with E-state index in [4.69, 9.17) is 11.6 Å². The number of ketones is 1. The van der Waals surface area contributed by atoms with E-state index < -0.39 is 0 Å². The van der Waals surface area contributed by atoms with E-state index >= 15 is 0 Å². The van der Waals surface area contributed by atoms with E-state index in [1.54, 1.807) is 12.1 Å². The summed E-state index contributed by atoms with van der Waals surface area (Å²) in [6.45, 7) is 4.68. The quantitative estimate of drug-likeness (QED) is 0.629. The second kappa shape index (κ2) is 5.31. The van der Waals surface area contributed by atoms with Crippen LogP contribution in [0.4, 0.5) is 0 Å². The Balaban J connectivity index is 2.21. The second-order valence-corrected chi connectivity index (χ2v) is 4.45. The highest BCUT2D eigenvalue weighted by molar-refractivity contribution is 6.29. The molecule has 0 radical (unpaired) electrons. The van der Waals surface area contributed by atoms with Gasteiger partial charge in [-0.3, -0.25) is 9.48 Å². The van der Waals surface area contributed by atoms with Crippen LogP contribution < -0.4 is 0 Å². The van der Waals surface area contributed by atoms with Crippen LogP contribution in [0, 0.1) is 6.92 Å². The van der Waals surface area contributed by atoms with Crippen LogP contribution in [0.5, 0.6) is 0 Å². The Morgan fingerprint density at radius 3 is 2.89 bits per heavy atom. The first-order chi connectivity index (χ1) is 8.60. The van der Waals surface area contributed by atoms with Crippen LogP contribution in [-0.4, -0.2) is 20.5 Å². The molecule has 94 valence electrons. The lowest BCUT2D eigenvalue weighted by Crippen LogP contribution is -2.09. The Kier molecular flexibility index (Phi) is 3.77. The maximum atomic E-state index is 12.1. The monoisotopic (exact) mass is 263 g/mol.